The molecule has 1 N–H and O–H groups in total. The Balaban J connectivity index is 2.16. The number of carbonyl (C=O) groups is 2. The molecule has 0 saturated heterocycles. The zero-order valence-electron chi connectivity index (χ0n) is 19.1. The summed E-state index contributed by atoms with van der Waals surface area (Å²) in [4.78, 5) is 28.0. The van der Waals surface area contributed by atoms with Gasteiger partial charge < -0.3 is 10.2 Å². The molecule has 0 aliphatic carbocycles. The van der Waals surface area contributed by atoms with Crippen molar-refractivity contribution in [3.8, 4) is 0 Å². The van der Waals surface area contributed by atoms with Crippen LogP contribution in [0.4, 0.5) is 0 Å². The molecule has 2 amide bonds. The van der Waals surface area contributed by atoms with Gasteiger partial charge in [0.15, 0.2) is 0 Å². The predicted molar refractivity (Wildman–Crippen MR) is 131 cm³/mol. The molecule has 0 fully saturated rings. The number of nitrogens with zero attached hydrogens (tertiary/aromatic N) is 1. The lowest BCUT2D eigenvalue weighted by Gasteiger charge is -2.33. The fraction of sp³-hybridized carbons (Fsp3) is 0.440. The van der Waals surface area contributed by atoms with Gasteiger partial charge >= 0.3 is 0 Å². The first-order chi connectivity index (χ1) is 14.6. The number of thioether (sulfide) groups is 1. The van der Waals surface area contributed by atoms with Gasteiger partial charge in [0, 0.05) is 22.9 Å². The van der Waals surface area contributed by atoms with Crippen LogP contribution >= 0.6 is 23.4 Å². The molecule has 0 saturated carbocycles. The standard InChI is InChI=1S/C25H33ClN2O2S/c1-6-22(24(30)27-25(3,4)5)28(15-19-10-7-9-18(2)13-19)23(29)17-31-16-20-11-8-12-21(26)14-20/h7-14,22H,6,15-17H2,1-5H3,(H,27,30)/t22-/m1/s1. The van der Waals surface area contributed by atoms with Crippen LogP contribution in [0.1, 0.15) is 50.8 Å². The van der Waals surface area contributed by atoms with E-state index in [0.29, 0.717) is 29.5 Å². The lowest BCUT2D eigenvalue weighted by Crippen LogP contribution is -2.53. The van der Waals surface area contributed by atoms with Crippen LogP contribution in [0.3, 0.4) is 0 Å². The molecule has 2 aromatic carbocycles. The highest BCUT2D eigenvalue weighted by Gasteiger charge is 2.30. The summed E-state index contributed by atoms with van der Waals surface area (Å²) < 4.78 is 0. The van der Waals surface area contributed by atoms with E-state index in [9.17, 15) is 9.59 Å². The lowest BCUT2D eigenvalue weighted by atomic mass is 10.1. The van der Waals surface area contributed by atoms with Gasteiger partial charge in [-0.2, -0.15) is 0 Å². The molecule has 0 heterocycles. The third kappa shape index (κ3) is 8.58. The highest BCUT2D eigenvalue weighted by atomic mass is 35.5. The van der Waals surface area contributed by atoms with Crippen LogP contribution in [0.5, 0.6) is 0 Å². The number of hydrogen-bond acceptors (Lipinski definition) is 3. The SMILES string of the molecule is CC[C@H](C(=O)NC(C)(C)C)N(Cc1cccc(C)c1)C(=O)CSCc1cccc(Cl)c1. The van der Waals surface area contributed by atoms with Crippen LogP contribution < -0.4 is 5.32 Å². The molecule has 4 nitrogen and oxygen atoms in total. The number of carbonyl (C=O) groups excluding carboxylic acids is 2. The number of rotatable bonds is 9. The van der Waals surface area contributed by atoms with Crippen LogP contribution in [0.2, 0.25) is 5.02 Å². The molecule has 0 unspecified atom stereocenters. The maximum atomic E-state index is 13.3. The van der Waals surface area contributed by atoms with Crippen molar-refractivity contribution in [3.63, 3.8) is 0 Å². The number of aryl methyl sites for hydroxylation is 1. The Morgan fingerprint density at radius 1 is 1.10 bits per heavy atom. The summed E-state index contributed by atoms with van der Waals surface area (Å²) in [5, 5.41) is 3.73. The minimum absolute atomic E-state index is 0.0376. The molecular weight excluding hydrogens is 428 g/mol. The lowest BCUT2D eigenvalue weighted by molar-refractivity contribution is -0.140. The summed E-state index contributed by atoms with van der Waals surface area (Å²) in [6.45, 7) is 10.2. The molecule has 2 aromatic rings. The molecule has 0 spiro atoms. The second kappa shape index (κ2) is 11.6. The molecule has 6 heteroatoms. The van der Waals surface area contributed by atoms with Crippen molar-refractivity contribution >= 4 is 35.2 Å². The van der Waals surface area contributed by atoms with Crippen LogP contribution in [-0.2, 0) is 21.9 Å². The first-order valence-corrected chi connectivity index (χ1v) is 12.1. The van der Waals surface area contributed by atoms with Gasteiger partial charge in [-0.05, 0) is 57.4 Å². The molecular formula is C25H33ClN2O2S. The molecule has 0 radical (unpaired) electrons. The number of nitrogens with one attached hydrogen (secondary N) is 1. The fourth-order valence-corrected chi connectivity index (χ4v) is 4.42. The molecule has 31 heavy (non-hydrogen) atoms. The van der Waals surface area contributed by atoms with Crippen LogP contribution in [0.15, 0.2) is 48.5 Å². The summed E-state index contributed by atoms with van der Waals surface area (Å²) in [5.41, 5.74) is 2.87. The van der Waals surface area contributed by atoms with E-state index in [4.69, 9.17) is 11.6 Å². The maximum absolute atomic E-state index is 13.3. The Morgan fingerprint density at radius 2 is 1.77 bits per heavy atom. The molecule has 0 aliphatic rings. The van der Waals surface area contributed by atoms with Gasteiger partial charge in [-0.3, -0.25) is 9.59 Å². The minimum atomic E-state index is -0.515. The zero-order valence-corrected chi connectivity index (χ0v) is 20.6. The predicted octanol–water partition coefficient (Wildman–Crippen LogP) is 5.60. The second-order valence-electron chi connectivity index (χ2n) is 8.80. The summed E-state index contributed by atoms with van der Waals surface area (Å²) in [7, 11) is 0. The topological polar surface area (TPSA) is 49.4 Å². The number of amides is 2. The van der Waals surface area contributed by atoms with Crippen LogP contribution in [0.25, 0.3) is 0 Å². The van der Waals surface area contributed by atoms with Gasteiger partial charge in [-0.25, -0.2) is 0 Å². The first-order valence-electron chi connectivity index (χ1n) is 10.6. The van der Waals surface area contributed by atoms with Gasteiger partial charge in [0.05, 0.1) is 5.75 Å². The number of hydrogen-bond donors (Lipinski definition) is 1. The Labute approximate surface area is 195 Å². The average molecular weight is 461 g/mol. The quantitative estimate of drug-likeness (QED) is 0.529. The molecule has 1 atom stereocenters. The van der Waals surface area contributed by atoms with E-state index in [0.717, 1.165) is 16.7 Å². The van der Waals surface area contributed by atoms with Gasteiger partial charge in [0.1, 0.15) is 6.04 Å². The smallest absolute Gasteiger partial charge is 0.243 e. The number of halogens is 1. The van der Waals surface area contributed by atoms with Crippen molar-refractivity contribution in [2.45, 2.75) is 64.9 Å². The third-order valence-electron chi connectivity index (χ3n) is 4.70. The summed E-state index contributed by atoms with van der Waals surface area (Å²) in [6.07, 6.45) is 0.554. The third-order valence-corrected chi connectivity index (χ3v) is 5.93. The summed E-state index contributed by atoms with van der Waals surface area (Å²) in [5.74, 6) is 0.841. The normalized spacial score (nSPS) is 12.3. The fourth-order valence-electron chi connectivity index (χ4n) is 3.35. The largest absolute Gasteiger partial charge is 0.350 e. The van der Waals surface area contributed by atoms with E-state index in [-0.39, 0.29) is 17.4 Å². The second-order valence-corrected chi connectivity index (χ2v) is 10.2. The van der Waals surface area contributed by atoms with E-state index >= 15 is 0 Å². The van der Waals surface area contributed by atoms with E-state index in [2.05, 4.69) is 11.4 Å². The van der Waals surface area contributed by atoms with Gasteiger partial charge in [-0.1, -0.05) is 60.5 Å². The van der Waals surface area contributed by atoms with Crippen molar-refractivity contribution in [2.75, 3.05) is 5.75 Å². The first kappa shape index (κ1) is 25.3. The molecule has 168 valence electrons. The highest BCUT2D eigenvalue weighted by molar-refractivity contribution is 7.99. The number of benzene rings is 2. The van der Waals surface area contributed by atoms with Crippen molar-refractivity contribution in [2.24, 2.45) is 0 Å². The zero-order chi connectivity index (χ0) is 23.0. The van der Waals surface area contributed by atoms with Gasteiger partial charge in [-0.15, -0.1) is 11.8 Å². The summed E-state index contributed by atoms with van der Waals surface area (Å²) >= 11 is 7.60. The highest BCUT2D eigenvalue weighted by Crippen LogP contribution is 2.20. The van der Waals surface area contributed by atoms with E-state index in [1.807, 2.05) is 77.1 Å². The minimum Gasteiger partial charge on any atom is -0.350 e. The Kier molecular flexibility index (Phi) is 9.45. The van der Waals surface area contributed by atoms with Gasteiger partial charge in [0.2, 0.25) is 11.8 Å². The Hall–Kier alpha value is -1.98. The Bertz CT molecular complexity index is 895. The van der Waals surface area contributed by atoms with Gasteiger partial charge in [0.25, 0.3) is 0 Å². The van der Waals surface area contributed by atoms with Crippen molar-refractivity contribution < 1.29 is 9.59 Å². The van der Waals surface area contributed by atoms with E-state index in [1.165, 1.54) is 11.8 Å². The van der Waals surface area contributed by atoms with Crippen molar-refractivity contribution in [1.29, 1.82) is 0 Å². The molecule has 0 bridgehead atoms. The molecule has 2 rings (SSSR count). The van der Waals surface area contributed by atoms with Crippen molar-refractivity contribution in [1.82, 2.24) is 10.2 Å². The Morgan fingerprint density at radius 3 is 2.39 bits per heavy atom. The summed E-state index contributed by atoms with van der Waals surface area (Å²) in [6, 6.07) is 15.2. The monoisotopic (exact) mass is 460 g/mol. The molecule has 0 aromatic heterocycles. The average Bonchev–Trinajstić information content (AvgIpc) is 2.66. The van der Waals surface area contributed by atoms with E-state index < -0.39 is 6.04 Å². The van der Waals surface area contributed by atoms with E-state index in [1.54, 1.807) is 4.90 Å². The molecule has 0 aliphatic heterocycles. The van der Waals surface area contributed by atoms with Crippen LogP contribution in [-0.4, -0.2) is 34.0 Å². The van der Waals surface area contributed by atoms with Crippen molar-refractivity contribution in [3.05, 3.63) is 70.2 Å². The maximum Gasteiger partial charge on any atom is 0.243 e. The van der Waals surface area contributed by atoms with Crippen LogP contribution in [0, 0.1) is 6.92 Å².